The van der Waals surface area contributed by atoms with Gasteiger partial charge in [-0.15, -0.1) is 0 Å². The van der Waals surface area contributed by atoms with Crippen molar-refractivity contribution in [2.45, 2.75) is 6.61 Å². The summed E-state index contributed by atoms with van der Waals surface area (Å²) in [6.07, 6.45) is 0. The Kier molecular flexibility index (Phi) is 1.85. The SMILES string of the molecule is OCc1nn[c]([SnH])o1. The van der Waals surface area contributed by atoms with Gasteiger partial charge in [0.15, 0.2) is 0 Å². The molecule has 0 bridgehead atoms. The monoisotopic (exact) mass is 220 g/mol. The average molecular weight is 219 g/mol. The Morgan fingerprint density at radius 2 is 2.38 bits per heavy atom. The van der Waals surface area contributed by atoms with E-state index in [1.165, 1.54) is 0 Å². The van der Waals surface area contributed by atoms with E-state index in [0.717, 1.165) is 22.5 Å². The first-order chi connectivity index (χ1) is 3.83. The molecule has 2 radical (unpaired) electrons. The number of nitrogens with zero attached hydrogens (tertiary/aromatic N) is 2. The van der Waals surface area contributed by atoms with Crippen LogP contribution in [-0.2, 0) is 6.61 Å². The molecular formula is C3H4N2O2Sn. The van der Waals surface area contributed by atoms with Gasteiger partial charge >= 0.3 is 58.7 Å². The number of rotatable bonds is 1. The van der Waals surface area contributed by atoms with Crippen LogP contribution in [0.25, 0.3) is 0 Å². The summed E-state index contributed by atoms with van der Waals surface area (Å²) in [4.78, 5) is 0. The molecule has 0 fully saturated rings. The van der Waals surface area contributed by atoms with E-state index < -0.39 is 0 Å². The second kappa shape index (κ2) is 2.45. The van der Waals surface area contributed by atoms with E-state index in [9.17, 15) is 0 Å². The van der Waals surface area contributed by atoms with Crippen LogP contribution in [0.5, 0.6) is 0 Å². The topological polar surface area (TPSA) is 59.2 Å². The van der Waals surface area contributed by atoms with Gasteiger partial charge in [0.2, 0.25) is 0 Å². The number of aromatic nitrogens is 2. The quantitative estimate of drug-likeness (QED) is 0.559. The maximum absolute atomic E-state index is 8.37. The minimum absolute atomic E-state index is 0.159. The van der Waals surface area contributed by atoms with Gasteiger partial charge in [-0.2, -0.15) is 0 Å². The van der Waals surface area contributed by atoms with Crippen LogP contribution in [0.4, 0.5) is 0 Å². The molecule has 0 atom stereocenters. The standard InChI is InChI=1S/C3H3N2O2.Sn.H/c6-1-3-5-4-2-7-3;;/h6H,1H2;;. The molecule has 0 aliphatic heterocycles. The van der Waals surface area contributed by atoms with Crippen LogP contribution in [0, 0.1) is 0 Å². The summed E-state index contributed by atoms with van der Waals surface area (Å²) >= 11 is 0.807. The molecule has 0 aliphatic carbocycles. The van der Waals surface area contributed by atoms with Gasteiger partial charge < -0.3 is 0 Å². The van der Waals surface area contributed by atoms with Gasteiger partial charge in [-0.3, -0.25) is 0 Å². The van der Waals surface area contributed by atoms with Gasteiger partial charge in [-0.25, -0.2) is 0 Å². The van der Waals surface area contributed by atoms with Crippen molar-refractivity contribution in [3.63, 3.8) is 0 Å². The molecule has 0 spiro atoms. The molecule has 8 heavy (non-hydrogen) atoms. The third-order valence-corrected chi connectivity index (χ3v) is 1.28. The first kappa shape index (κ1) is 6.03. The van der Waals surface area contributed by atoms with Crippen LogP contribution in [0.2, 0.25) is 0 Å². The molecule has 0 saturated heterocycles. The molecule has 0 saturated carbocycles. The first-order valence-corrected chi connectivity index (χ1v) is 3.66. The van der Waals surface area contributed by atoms with E-state index >= 15 is 0 Å². The summed E-state index contributed by atoms with van der Waals surface area (Å²) in [5.74, 6) is 0.299. The van der Waals surface area contributed by atoms with E-state index in [1.807, 2.05) is 0 Å². The van der Waals surface area contributed by atoms with Gasteiger partial charge in [0.05, 0.1) is 0 Å². The number of aliphatic hydroxyl groups is 1. The first-order valence-electron chi connectivity index (χ1n) is 2.01. The van der Waals surface area contributed by atoms with Crippen molar-refractivity contribution >= 4 is 26.4 Å². The van der Waals surface area contributed by atoms with Gasteiger partial charge in [-0.05, 0) is 0 Å². The summed E-state index contributed by atoms with van der Waals surface area (Å²) in [5.41, 5.74) is 0. The van der Waals surface area contributed by atoms with Crippen LogP contribution in [-0.4, -0.2) is 37.8 Å². The maximum atomic E-state index is 8.37. The Morgan fingerprint density at radius 1 is 1.62 bits per heavy atom. The Hall–Kier alpha value is -0.101. The summed E-state index contributed by atoms with van der Waals surface area (Å²) < 4.78 is 5.43. The van der Waals surface area contributed by atoms with Crippen LogP contribution >= 0.6 is 0 Å². The molecule has 5 heteroatoms. The number of hydrogen-bond acceptors (Lipinski definition) is 4. The van der Waals surface area contributed by atoms with Crippen molar-refractivity contribution < 1.29 is 9.52 Å². The zero-order valence-electron chi connectivity index (χ0n) is 4.03. The van der Waals surface area contributed by atoms with E-state index in [4.69, 9.17) is 9.52 Å². The average Bonchev–Trinajstić information content (AvgIpc) is 2.14. The molecule has 42 valence electrons. The molecule has 0 amide bonds. The summed E-state index contributed by atoms with van der Waals surface area (Å²) in [5, 5.41) is 15.4. The molecule has 1 aromatic rings. The molecular weight excluding hydrogens is 215 g/mol. The van der Waals surface area contributed by atoms with Crippen LogP contribution in [0.1, 0.15) is 5.89 Å². The van der Waals surface area contributed by atoms with Crippen molar-refractivity contribution in [2.75, 3.05) is 0 Å². The molecule has 0 unspecified atom stereocenters. The molecule has 0 aromatic carbocycles. The van der Waals surface area contributed by atoms with Crippen LogP contribution < -0.4 is 3.91 Å². The van der Waals surface area contributed by atoms with E-state index in [0.29, 0.717) is 9.80 Å². The van der Waals surface area contributed by atoms with E-state index in [-0.39, 0.29) is 6.61 Å². The molecule has 0 aliphatic rings. The second-order valence-electron chi connectivity index (χ2n) is 1.19. The van der Waals surface area contributed by atoms with E-state index in [1.54, 1.807) is 0 Å². The van der Waals surface area contributed by atoms with Gasteiger partial charge in [-0.1, -0.05) is 0 Å². The summed E-state index contributed by atoms with van der Waals surface area (Å²) in [7, 11) is 0. The van der Waals surface area contributed by atoms with Crippen molar-refractivity contribution in [3.05, 3.63) is 5.89 Å². The zero-order valence-corrected chi connectivity index (χ0v) is 7.33. The van der Waals surface area contributed by atoms with Crippen LogP contribution in [0.3, 0.4) is 0 Å². The minimum atomic E-state index is -0.159. The molecule has 1 heterocycles. The fourth-order valence-corrected chi connectivity index (χ4v) is 0.884. The van der Waals surface area contributed by atoms with Gasteiger partial charge in [0.1, 0.15) is 0 Å². The predicted molar refractivity (Wildman–Crippen MR) is 27.0 cm³/mol. The van der Waals surface area contributed by atoms with E-state index in [2.05, 4.69) is 10.2 Å². The third kappa shape index (κ3) is 1.19. The second-order valence-corrected chi connectivity index (χ2v) is 2.60. The molecule has 1 aromatic heterocycles. The van der Waals surface area contributed by atoms with Gasteiger partial charge in [0, 0.05) is 0 Å². The Bertz CT molecular complexity index is 176. The molecule has 4 nitrogen and oxygen atoms in total. The number of aliphatic hydroxyl groups excluding tert-OH is 1. The fraction of sp³-hybridized carbons (Fsp3) is 0.333. The summed E-state index contributed by atoms with van der Waals surface area (Å²) in [6, 6.07) is 0. The van der Waals surface area contributed by atoms with Crippen molar-refractivity contribution in [1.29, 1.82) is 0 Å². The van der Waals surface area contributed by atoms with Gasteiger partial charge in [0.25, 0.3) is 0 Å². The van der Waals surface area contributed by atoms with Crippen molar-refractivity contribution in [1.82, 2.24) is 10.2 Å². The fourth-order valence-electron chi connectivity index (χ4n) is 0.330. The molecule has 1 N–H and O–H groups in total. The van der Waals surface area contributed by atoms with Crippen molar-refractivity contribution in [2.24, 2.45) is 0 Å². The Balaban J connectivity index is 2.84. The molecule has 1 rings (SSSR count). The van der Waals surface area contributed by atoms with Crippen molar-refractivity contribution in [3.8, 4) is 0 Å². The predicted octanol–water partition coefficient (Wildman–Crippen LogP) is -1.91. The Morgan fingerprint density at radius 3 is 2.62 bits per heavy atom. The third-order valence-electron chi connectivity index (χ3n) is 0.618. The zero-order chi connectivity index (χ0) is 5.98. The number of hydrogen-bond donors (Lipinski definition) is 1. The summed E-state index contributed by atoms with van der Waals surface area (Å²) in [6.45, 7) is -0.159. The normalized spacial score (nSPS) is 9.75. The van der Waals surface area contributed by atoms with Crippen LogP contribution in [0.15, 0.2) is 4.42 Å². The Labute approximate surface area is 59.0 Å².